The minimum atomic E-state index is -0.650. The van der Waals surface area contributed by atoms with Crippen LogP contribution in [-0.4, -0.2) is 5.78 Å². The predicted octanol–water partition coefficient (Wildman–Crippen LogP) is 5.20. The first-order valence-corrected chi connectivity index (χ1v) is 9.59. The summed E-state index contributed by atoms with van der Waals surface area (Å²) in [5, 5.41) is 10.5. The molecule has 2 N–H and O–H groups in total. The van der Waals surface area contributed by atoms with Gasteiger partial charge in [-0.15, -0.1) is 0 Å². The average Bonchev–Trinajstić information content (AvgIpc) is 2.67. The molecule has 1 heterocycles. The van der Waals surface area contributed by atoms with Gasteiger partial charge in [-0.05, 0) is 29.2 Å². The van der Waals surface area contributed by atoms with Crippen molar-refractivity contribution in [3.05, 3.63) is 92.5 Å². The highest BCUT2D eigenvalue weighted by Gasteiger charge is 2.41. The van der Waals surface area contributed by atoms with Crippen LogP contribution in [0, 0.1) is 11.3 Å². The molecular formula is C22H16Cl2N2O2. The molecule has 0 unspecified atom stereocenters. The number of nitrogens with zero attached hydrogens (tertiary/aromatic N) is 1. The van der Waals surface area contributed by atoms with E-state index in [4.69, 9.17) is 33.7 Å². The Morgan fingerprint density at radius 3 is 2.54 bits per heavy atom. The molecule has 2 aromatic rings. The summed E-state index contributed by atoms with van der Waals surface area (Å²) in [4.78, 5) is 13.2. The molecule has 4 nitrogen and oxygen atoms in total. The lowest BCUT2D eigenvalue weighted by atomic mass is 9.73. The number of carbonyl (C=O) groups excluding carboxylic acids is 1. The van der Waals surface area contributed by atoms with Crippen molar-refractivity contribution in [2.75, 3.05) is 0 Å². The molecule has 6 heteroatoms. The van der Waals surface area contributed by atoms with Gasteiger partial charge in [0.15, 0.2) is 5.78 Å². The molecule has 0 spiro atoms. The van der Waals surface area contributed by atoms with Crippen LogP contribution in [0.1, 0.15) is 35.8 Å². The molecule has 0 aromatic heterocycles. The highest BCUT2D eigenvalue weighted by Crippen LogP contribution is 2.48. The third-order valence-electron chi connectivity index (χ3n) is 5.21. The Morgan fingerprint density at radius 1 is 1.11 bits per heavy atom. The Hall–Kier alpha value is -2.74. The van der Waals surface area contributed by atoms with Crippen LogP contribution in [0.2, 0.25) is 10.0 Å². The first-order chi connectivity index (χ1) is 13.5. The molecule has 2 aliphatic rings. The molecule has 0 saturated heterocycles. The van der Waals surface area contributed by atoms with Crippen LogP contribution < -0.4 is 5.73 Å². The van der Waals surface area contributed by atoms with Crippen molar-refractivity contribution in [3.8, 4) is 6.07 Å². The number of halogens is 2. The molecule has 2 aromatic carbocycles. The summed E-state index contributed by atoms with van der Waals surface area (Å²) in [7, 11) is 0. The largest absolute Gasteiger partial charge is 0.444 e. The molecule has 2 atom stereocenters. The maximum Gasteiger partial charge on any atom is 0.205 e. The standard InChI is InChI=1S/C22H16Cl2N2O2/c23-14-6-7-15(17(24)10-14)20-16(11-25)22(26)28-19-9-13(8-18(27)21(19)20)12-4-2-1-3-5-12/h1-7,10,13,20H,8-9,26H2/t13-,20-/m0/s1. The first-order valence-electron chi connectivity index (χ1n) is 8.83. The van der Waals surface area contributed by atoms with Crippen LogP contribution in [0.25, 0.3) is 0 Å². The van der Waals surface area contributed by atoms with Crippen molar-refractivity contribution in [1.29, 1.82) is 5.26 Å². The van der Waals surface area contributed by atoms with Crippen molar-refractivity contribution in [1.82, 2.24) is 0 Å². The van der Waals surface area contributed by atoms with E-state index in [1.165, 1.54) is 0 Å². The summed E-state index contributed by atoms with van der Waals surface area (Å²) in [5.74, 6) is -0.185. The van der Waals surface area contributed by atoms with Gasteiger partial charge in [-0.3, -0.25) is 4.79 Å². The SMILES string of the molecule is N#CC1=C(N)OC2=C(C(=O)C[C@H](c3ccccc3)C2)[C@H]1c1ccc(Cl)cc1Cl. The average molecular weight is 411 g/mol. The van der Waals surface area contributed by atoms with E-state index in [9.17, 15) is 10.1 Å². The van der Waals surface area contributed by atoms with Crippen LogP contribution in [0.3, 0.4) is 0 Å². The second-order valence-electron chi connectivity index (χ2n) is 6.87. The number of hydrogen-bond acceptors (Lipinski definition) is 4. The summed E-state index contributed by atoms with van der Waals surface area (Å²) in [6, 6.07) is 16.9. The first kappa shape index (κ1) is 18.6. The summed E-state index contributed by atoms with van der Waals surface area (Å²) in [6.07, 6.45) is 0.874. The highest BCUT2D eigenvalue weighted by atomic mass is 35.5. The van der Waals surface area contributed by atoms with Crippen LogP contribution in [0.4, 0.5) is 0 Å². The highest BCUT2D eigenvalue weighted by molar-refractivity contribution is 6.35. The van der Waals surface area contributed by atoms with E-state index in [1.807, 2.05) is 30.3 Å². The number of carbonyl (C=O) groups is 1. The van der Waals surface area contributed by atoms with Crippen LogP contribution in [0.15, 0.2) is 71.3 Å². The molecule has 0 saturated carbocycles. The van der Waals surface area contributed by atoms with E-state index in [2.05, 4.69) is 6.07 Å². The maximum absolute atomic E-state index is 13.2. The summed E-state index contributed by atoms with van der Waals surface area (Å²) in [6.45, 7) is 0. The molecule has 1 aliphatic heterocycles. The van der Waals surface area contributed by atoms with E-state index in [-0.39, 0.29) is 23.2 Å². The summed E-state index contributed by atoms with van der Waals surface area (Å²) >= 11 is 12.4. The number of nitrogens with two attached hydrogens (primary N) is 1. The number of rotatable bonds is 2. The lowest BCUT2D eigenvalue weighted by Crippen LogP contribution is -2.30. The van der Waals surface area contributed by atoms with Gasteiger partial charge >= 0.3 is 0 Å². The van der Waals surface area contributed by atoms with E-state index in [1.54, 1.807) is 18.2 Å². The molecule has 0 amide bonds. The van der Waals surface area contributed by atoms with E-state index in [0.29, 0.717) is 39.8 Å². The van der Waals surface area contributed by atoms with Gasteiger partial charge in [0, 0.05) is 28.5 Å². The predicted molar refractivity (Wildman–Crippen MR) is 108 cm³/mol. The van der Waals surface area contributed by atoms with Gasteiger partial charge in [-0.2, -0.15) is 5.26 Å². The van der Waals surface area contributed by atoms with Crippen LogP contribution in [0.5, 0.6) is 0 Å². The van der Waals surface area contributed by atoms with Gasteiger partial charge in [-0.25, -0.2) is 0 Å². The number of Topliss-reactive ketones (excluding diaryl/α,β-unsaturated/α-hetero) is 1. The zero-order valence-corrected chi connectivity index (χ0v) is 16.3. The summed E-state index contributed by atoms with van der Waals surface area (Å²) in [5.41, 5.74) is 8.39. The van der Waals surface area contributed by atoms with Crippen molar-refractivity contribution in [2.45, 2.75) is 24.7 Å². The number of allylic oxidation sites excluding steroid dienone is 3. The Labute approximate surface area is 172 Å². The van der Waals surface area contributed by atoms with Crippen molar-refractivity contribution in [3.63, 3.8) is 0 Å². The topological polar surface area (TPSA) is 76.1 Å². The fraction of sp³-hybridized carbons (Fsp3) is 0.182. The molecule has 4 rings (SSSR count). The molecular weight excluding hydrogens is 395 g/mol. The second kappa shape index (κ2) is 7.35. The third-order valence-corrected chi connectivity index (χ3v) is 5.77. The molecule has 0 bridgehead atoms. The van der Waals surface area contributed by atoms with Gasteiger partial charge in [0.25, 0.3) is 0 Å². The van der Waals surface area contributed by atoms with Gasteiger partial charge < -0.3 is 10.5 Å². The van der Waals surface area contributed by atoms with Crippen LogP contribution >= 0.6 is 23.2 Å². The van der Waals surface area contributed by atoms with Gasteiger partial charge in [0.2, 0.25) is 5.88 Å². The Kier molecular flexibility index (Phi) is 4.89. The monoisotopic (exact) mass is 410 g/mol. The van der Waals surface area contributed by atoms with E-state index in [0.717, 1.165) is 5.56 Å². The Bertz CT molecular complexity index is 1070. The van der Waals surface area contributed by atoms with Gasteiger partial charge in [-0.1, -0.05) is 59.6 Å². The number of benzene rings is 2. The van der Waals surface area contributed by atoms with E-state index < -0.39 is 5.92 Å². The third kappa shape index (κ3) is 3.17. The van der Waals surface area contributed by atoms with Crippen molar-refractivity contribution >= 4 is 29.0 Å². The Balaban J connectivity index is 1.82. The quantitative estimate of drug-likeness (QED) is 0.737. The number of ketones is 1. The molecule has 1 aliphatic carbocycles. The lowest BCUT2D eigenvalue weighted by Gasteiger charge is -2.34. The number of hydrogen-bond donors (Lipinski definition) is 1. The van der Waals surface area contributed by atoms with Crippen molar-refractivity contribution in [2.24, 2.45) is 5.73 Å². The zero-order chi connectivity index (χ0) is 19.8. The Morgan fingerprint density at radius 2 is 1.86 bits per heavy atom. The molecule has 0 fully saturated rings. The number of ether oxygens (including phenoxy) is 1. The van der Waals surface area contributed by atoms with Gasteiger partial charge in [0.05, 0.1) is 5.92 Å². The fourth-order valence-corrected chi connectivity index (χ4v) is 4.43. The van der Waals surface area contributed by atoms with Crippen LogP contribution in [-0.2, 0) is 9.53 Å². The lowest BCUT2D eigenvalue weighted by molar-refractivity contribution is -0.117. The smallest absolute Gasteiger partial charge is 0.205 e. The van der Waals surface area contributed by atoms with Gasteiger partial charge in [0.1, 0.15) is 17.4 Å². The minimum Gasteiger partial charge on any atom is -0.444 e. The number of nitriles is 1. The van der Waals surface area contributed by atoms with Crippen molar-refractivity contribution < 1.29 is 9.53 Å². The van der Waals surface area contributed by atoms with E-state index >= 15 is 0 Å². The summed E-state index contributed by atoms with van der Waals surface area (Å²) < 4.78 is 5.76. The molecule has 0 radical (unpaired) electrons. The second-order valence-corrected chi connectivity index (χ2v) is 7.71. The fourth-order valence-electron chi connectivity index (χ4n) is 3.92. The normalized spacial score (nSPS) is 21.8. The minimum absolute atomic E-state index is 0.00484. The molecule has 28 heavy (non-hydrogen) atoms. The molecule has 140 valence electrons. The zero-order valence-electron chi connectivity index (χ0n) is 14.8. The maximum atomic E-state index is 13.2.